The Kier molecular flexibility index (Phi) is 10.2. The van der Waals surface area contributed by atoms with Crippen LogP contribution in [0.25, 0.3) is 32.9 Å². The molecule has 0 spiro atoms. The van der Waals surface area contributed by atoms with Gasteiger partial charge in [-0.2, -0.15) is 5.10 Å². The molecule has 1 saturated heterocycles. The van der Waals surface area contributed by atoms with Gasteiger partial charge in [0.1, 0.15) is 11.4 Å². The summed E-state index contributed by atoms with van der Waals surface area (Å²) in [5, 5.41) is 17.9. The van der Waals surface area contributed by atoms with Crippen LogP contribution < -0.4 is 9.64 Å². The molecular formula is C44H48Cl2N6O4. The zero-order valence-electron chi connectivity index (χ0n) is 32.9. The molecule has 3 aromatic heterocycles. The number of rotatable bonds is 11. The number of fused-ring (bicyclic) bond motifs is 4. The molecule has 2 aliphatic heterocycles. The maximum Gasteiger partial charge on any atom is 0.335 e. The Morgan fingerprint density at radius 2 is 1.70 bits per heavy atom. The molecule has 292 valence electrons. The lowest BCUT2D eigenvalue weighted by Crippen LogP contribution is -2.42. The highest BCUT2D eigenvalue weighted by Crippen LogP contribution is 2.46. The summed E-state index contributed by atoms with van der Waals surface area (Å²) in [6.07, 6.45) is 5.66. The van der Waals surface area contributed by atoms with E-state index in [-0.39, 0.29) is 17.5 Å². The summed E-state index contributed by atoms with van der Waals surface area (Å²) < 4.78 is 12.5. The number of halogens is 2. The Morgan fingerprint density at radius 3 is 2.41 bits per heavy atom. The Bertz CT molecular complexity index is 2520. The number of likely N-dealkylation sites (tertiary alicyclic amines) is 1. The van der Waals surface area contributed by atoms with Gasteiger partial charge in [-0.05, 0) is 126 Å². The summed E-state index contributed by atoms with van der Waals surface area (Å²) in [6.45, 7) is 15.1. The third-order valence-corrected chi connectivity index (χ3v) is 12.7. The van der Waals surface area contributed by atoms with Crippen LogP contribution in [-0.4, -0.2) is 73.6 Å². The first-order valence-electron chi connectivity index (χ1n) is 19.5. The highest BCUT2D eigenvalue weighted by atomic mass is 35.5. The van der Waals surface area contributed by atoms with Gasteiger partial charge in [0.25, 0.3) is 5.91 Å². The van der Waals surface area contributed by atoms with Crippen molar-refractivity contribution < 1.29 is 19.4 Å². The van der Waals surface area contributed by atoms with Crippen molar-refractivity contribution in [3.8, 4) is 16.9 Å². The number of anilines is 1. The molecule has 1 N–H and O–H groups in total. The number of ether oxygens (including phenoxy) is 1. The molecule has 0 bridgehead atoms. The highest BCUT2D eigenvalue weighted by molar-refractivity contribution is 6.35. The van der Waals surface area contributed by atoms with E-state index in [0.717, 1.165) is 98.0 Å². The van der Waals surface area contributed by atoms with E-state index in [9.17, 15) is 9.90 Å². The van der Waals surface area contributed by atoms with E-state index in [2.05, 4.69) is 34.1 Å². The summed E-state index contributed by atoms with van der Waals surface area (Å²) in [5.74, 6) is -0.380. The van der Waals surface area contributed by atoms with Crippen molar-refractivity contribution in [2.75, 3.05) is 37.7 Å². The minimum atomic E-state index is -1.01. The first kappa shape index (κ1) is 38.1. The fourth-order valence-electron chi connectivity index (χ4n) is 9.04. The fourth-order valence-corrected chi connectivity index (χ4v) is 9.40. The smallest absolute Gasteiger partial charge is 0.335 e. The van der Waals surface area contributed by atoms with Crippen molar-refractivity contribution in [3.05, 3.63) is 98.0 Å². The van der Waals surface area contributed by atoms with Crippen molar-refractivity contribution in [3.63, 3.8) is 0 Å². The van der Waals surface area contributed by atoms with Crippen molar-refractivity contribution >= 4 is 62.6 Å². The molecule has 1 atom stereocenters. The number of aromatic nitrogens is 4. The molecule has 1 amide bonds. The highest BCUT2D eigenvalue weighted by Gasteiger charge is 2.38. The maximum absolute atomic E-state index is 15.1. The van der Waals surface area contributed by atoms with Gasteiger partial charge in [-0.25, -0.2) is 4.79 Å². The van der Waals surface area contributed by atoms with E-state index in [0.29, 0.717) is 42.4 Å². The van der Waals surface area contributed by atoms with Gasteiger partial charge in [-0.1, -0.05) is 29.3 Å². The normalized spacial score (nSPS) is 16.1. The van der Waals surface area contributed by atoms with E-state index in [4.69, 9.17) is 33.0 Å². The van der Waals surface area contributed by atoms with Gasteiger partial charge in [-0.15, -0.1) is 0 Å². The minimum absolute atomic E-state index is 0.135. The number of hydrogen-bond donors (Lipinski definition) is 1. The summed E-state index contributed by atoms with van der Waals surface area (Å²) >= 11 is 13.7. The van der Waals surface area contributed by atoms with Gasteiger partial charge in [0.2, 0.25) is 0 Å². The van der Waals surface area contributed by atoms with Crippen LogP contribution in [0.3, 0.4) is 0 Å². The second-order valence-corrected chi connectivity index (χ2v) is 16.4. The molecule has 3 aromatic carbocycles. The minimum Gasteiger partial charge on any atom is -0.494 e. The van der Waals surface area contributed by atoms with Gasteiger partial charge in [-0.3, -0.25) is 9.48 Å². The molecule has 8 rings (SSSR count). The van der Waals surface area contributed by atoms with Crippen LogP contribution in [-0.2, 0) is 20.0 Å². The summed E-state index contributed by atoms with van der Waals surface area (Å²) in [4.78, 5) is 31.5. The van der Waals surface area contributed by atoms with E-state index in [1.54, 1.807) is 18.2 Å². The Labute approximate surface area is 337 Å². The van der Waals surface area contributed by atoms with E-state index >= 15 is 4.79 Å². The second-order valence-electron chi connectivity index (χ2n) is 15.6. The molecule has 1 fully saturated rings. The number of aryl methyl sites for hydroxylation is 5. The molecule has 10 nitrogen and oxygen atoms in total. The summed E-state index contributed by atoms with van der Waals surface area (Å²) in [5.41, 5.74) is 9.98. The molecule has 0 radical (unpaired) electrons. The Morgan fingerprint density at radius 1 is 0.964 bits per heavy atom. The van der Waals surface area contributed by atoms with Crippen molar-refractivity contribution in [1.82, 2.24) is 23.8 Å². The number of carbonyl (C=O) groups excluding carboxylic acids is 1. The van der Waals surface area contributed by atoms with Gasteiger partial charge >= 0.3 is 5.97 Å². The van der Waals surface area contributed by atoms with E-state index < -0.39 is 5.97 Å². The molecule has 6 aromatic rings. The fraction of sp³-hybridized carbons (Fsp3) is 0.386. The topological polar surface area (TPSA) is 97.8 Å². The average molecular weight is 796 g/mol. The first-order valence-corrected chi connectivity index (χ1v) is 20.2. The molecule has 0 unspecified atom stereocenters. The molecule has 0 saturated carbocycles. The number of benzene rings is 3. The van der Waals surface area contributed by atoms with E-state index in [1.807, 2.05) is 61.7 Å². The van der Waals surface area contributed by atoms with Crippen molar-refractivity contribution in [1.29, 1.82) is 0 Å². The number of aromatic carboxylic acids is 1. The number of carbonyl (C=O) groups is 2. The standard InChI is InChI=1S/C44H48Cl2N6O4/c1-25-20-31(21-26(2)40(25)46)56-19-9-10-32-33-12-13-35(45)39(38-28(4)47-51(29(38)5)18-17-49-15-7-8-16-49)41(33)52-27(3)23-50(43(53)42(32)52)37-24-48(6)36-14-11-30(44(54)55)22-34(36)37/h11-14,20-22,24,27H,7-10,15-19,23H2,1-6H3,(H,54,55)/t27-/m1/s1. The lowest BCUT2D eigenvalue weighted by atomic mass is 9.98. The van der Waals surface area contributed by atoms with Gasteiger partial charge in [0, 0.05) is 70.5 Å². The summed E-state index contributed by atoms with van der Waals surface area (Å²) in [6, 6.07) is 12.8. The van der Waals surface area contributed by atoms with Crippen LogP contribution in [0, 0.1) is 27.7 Å². The van der Waals surface area contributed by atoms with Crippen LogP contribution in [0.5, 0.6) is 5.75 Å². The van der Waals surface area contributed by atoms with E-state index in [1.165, 1.54) is 12.8 Å². The lowest BCUT2D eigenvalue weighted by Gasteiger charge is -2.34. The molecule has 12 heteroatoms. The number of carboxylic acids is 1. The SMILES string of the molecule is Cc1cc(OCCCc2c3n(c4c(-c5c(C)nn(CCN6CCCC6)c5C)c(Cl)ccc24)[C@H](C)CN(c2cn(C)c4ccc(C(=O)O)cc24)C3=O)cc(C)c1Cl. The van der Waals surface area contributed by atoms with Crippen LogP contribution in [0.1, 0.15) is 81.2 Å². The predicted molar refractivity (Wildman–Crippen MR) is 224 cm³/mol. The van der Waals surface area contributed by atoms with Crippen molar-refractivity contribution in [2.24, 2.45) is 7.05 Å². The predicted octanol–water partition coefficient (Wildman–Crippen LogP) is 9.56. The third kappa shape index (κ3) is 6.55. The molecule has 2 aliphatic rings. The quantitative estimate of drug-likeness (QED) is 0.131. The second kappa shape index (κ2) is 15.0. The Hall–Kier alpha value is -4.77. The average Bonchev–Trinajstić information content (AvgIpc) is 3.94. The first-order chi connectivity index (χ1) is 26.8. The zero-order valence-corrected chi connectivity index (χ0v) is 34.4. The van der Waals surface area contributed by atoms with Gasteiger partial charge < -0.3 is 28.8 Å². The summed E-state index contributed by atoms with van der Waals surface area (Å²) in [7, 11) is 1.92. The third-order valence-electron chi connectivity index (χ3n) is 11.8. The molecular weight excluding hydrogens is 747 g/mol. The molecule has 56 heavy (non-hydrogen) atoms. The van der Waals surface area contributed by atoms with Gasteiger partial charge in [0.05, 0.1) is 40.6 Å². The molecule has 0 aliphatic carbocycles. The van der Waals surface area contributed by atoms with Crippen molar-refractivity contribution in [2.45, 2.75) is 72.9 Å². The monoisotopic (exact) mass is 794 g/mol. The maximum atomic E-state index is 15.1. The van der Waals surface area contributed by atoms with Crippen LogP contribution in [0.4, 0.5) is 5.69 Å². The number of amides is 1. The van der Waals surface area contributed by atoms with Crippen LogP contribution in [0.2, 0.25) is 10.0 Å². The lowest BCUT2D eigenvalue weighted by molar-refractivity contribution is 0.0696. The number of carboxylic acid groups (broad SMARTS) is 1. The number of hydrogen-bond acceptors (Lipinski definition) is 5. The van der Waals surface area contributed by atoms with Crippen LogP contribution in [0.15, 0.2) is 48.7 Å². The Balaban J connectivity index is 1.24. The van der Waals surface area contributed by atoms with Gasteiger partial charge in [0.15, 0.2) is 0 Å². The molecule has 5 heterocycles. The zero-order chi connectivity index (χ0) is 39.6. The largest absolute Gasteiger partial charge is 0.494 e. The number of nitrogens with zero attached hydrogens (tertiary/aromatic N) is 6. The van der Waals surface area contributed by atoms with Crippen LogP contribution >= 0.6 is 23.2 Å².